The van der Waals surface area contributed by atoms with Crippen molar-refractivity contribution >= 4 is 6.03 Å². The highest BCUT2D eigenvalue weighted by atomic mass is 16.5. The van der Waals surface area contributed by atoms with Crippen LogP contribution >= 0.6 is 0 Å². The first-order valence-corrected chi connectivity index (χ1v) is 8.60. The second kappa shape index (κ2) is 7.29. The lowest BCUT2D eigenvalue weighted by Crippen LogP contribution is -2.47. The van der Waals surface area contributed by atoms with Gasteiger partial charge in [-0.05, 0) is 31.6 Å². The Labute approximate surface area is 136 Å². The number of ether oxygens (including phenoxy) is 1. The normalized spacial score (nSPS) is 24.7. The molecule has 3 rings (SSSR count). The van der Waals surface area contributed by atoms with Gasteiger partial charge in [-0.2, -0.15) is 4.98 Å². The van der Waals surface area contributed by atoms with Crippen LogP contribution in [0.2, 0.25) is 0 Å². The number of amides is 2. The SMILES string of the molecule is CC(C)c1noc(CCNC(=O)N[C@H]2CCO[C@@H](C3CC3)C2)n1. The fourth-order valence-electron chi connectivity index (χ4n) is 2.88. The van der Waals surface area contributed by atoms with Crippen molar-refractivity contribution in [2.24, 2.45) is 5.92 Å². The number of hydrogen-bond acceptors (Lipinski definition) is 5. The van der Waals surface area contributed by atoms with E-state index in [0.29, 0.717) is 30.8 Å². The van der Waals surface area contributed by atoms with E-state index in [0.717, 1.165) is 25.4 Å². The fourth-order valence-corrected chi connectivity index (χ4v) is 2.88. The van der Waals surface area contributed by atoms with Gasteiger partial charge in [-0.1, -0.05) is 19.0 Å². The van der Waals surface area contributed by atoms with Crippen molar-refractivity contribution in [3.8, 4) is 0 Å². The van der Waals surface area contributed by atoms with Crippen molar-refractivity contribution < 1.29 is 14.1 Å². The molecule has 2 atom stereocenters. The highest BCUT2D eigenvalue weighted by molar-refractivity contribution is 5.74. The summed E-state index contributed by atoms with van der Waals surface area (Å²) >= 11 is 0. The van der Waals surface area contributed by atoms with Gasteiger partial charge in [0.1, 0.15) is 0 Å². The van der Waals surface area contributed by atoms with Crippen molar-refractivity contribution in [2.75, 3.05) is 13.2 Å². The zero-order valence-corrected chi connectivity index (χ0v) is 13.9. The number of aromatic nitrogens is 2. The van der Waals surface area contributed by atoms with Gasteiger partial charge >= 0.3 is 6.03 Å². The Morgan fingerprint density at radius 1 is 1.35 bits per heavy atom. The molecule has 1 aliphatic carbocycles. The molecule has 1 saturated heterocycles. The number of carbonyl (C=O) groups is 1. The van der Waals surface area contributed by atoms with Crippen molar-refractivity contribution in [1.29, 1.82) is 0 Å². The van der Waals surface area contributed by atoms with Crippen molar-refractivity contribution in [2.45, 2.75) is 64.0 Å². The summed E-state index contributed by atoms with van der Waals surface area (Å²) in [4.78, 5) is 16.3. The van der Waals surface area contributed by atoms with E-state index in [9.17, 15) is 4.79 Å². The molecule has 2 aliphatic rings. The lowest BCUT2D eigenvalue weighted by atomic mass is 10.0. The summed E-state index contributed by atoms with van der Waals surface area (Å²) in [6.45, 7) is 5.26. The molecule has 0 aromatic carbocycles. The highest BCUT2D eigenvalue weighted by Crippen LogP contribution is 2.38. The Bertz CT molecular complexity index is 527. The van der Waals surface area contributed by atoms with E-state index in [4.69, 9.17) is 9.26 Å². The molecule has 1 aromatic heterocycles. The van der Waals surface area contributed by atoms with Crippen LogP contribution in [-0.2, 0) is 11.2 Å². The Morgan fingerprint density at radius 3 is 2.87 bits per heavy atom. The number of rotatable bonds is 6. The van der Waals surface area contributed by atoms with Gasteiger partial charge in [-0.15, -0.1) is 0 Å². The van der Waals surface area contributed by atoms with Gasteiger partial charge in [0, 0.05) is 31.5 Å². The van der Waals surface area contributed by atoms with E-state index in [1.165, 1.54) is 12.8 Å². The molecule has 128 valence electrons. The number of carbonyl (C=O) groups excluding carboxylic acids is 1. The van der Waals surface area contributed by atoms with Crippen molar-refractivity contribution in [1.82, 2.24) is 20.8 Å². The summed E-state index contributed by atoms with van der Waals surface area (Å²) in [5.74, 6) is 2.23. The quantitative estimate of drug-likeness (QED) is 0.836. The smallest absolute Gasteiger partial charge is 0.315 e. The van der Waals surface area contributed by atoms with Crippen LogP contribution < -0.4 is 10.6 Å². The van der Waals surface area contributed by atoms with Gasteiger partial charge < -0.3 is 19.9 Å². The zero-order valence-electron chi connectivity index (χ0n) is 13.9. The first-order chi connectivity index (χ1) is 11.1. The molecule has 7 nitrogen and oxygen atoms in total. The average Bonchev–Trinajstić information content (AvgIpc) is 3.26. The third-order valence-electron chi connectivity index (χ3n) is 4.42. The molecule has 2 fully saturated rings. The fraction of sp³-hybridized carbons (Fsp3) is 0.812. The molecular formula is C16H26N4O3. The van der Waals surface area contributed by atoms with Crippen LogP contribution in [0.5, 0.6) is 0 Å². The summed E-state index contributed by atoms with van der Waals surface area (Å²) in [7, 11) is 0. The topological polar surface area (TPSA) is 89.3 Å². The molecule has 0 unspecified atom stereocenters. The van der Waals surface area contributed by atoms with E-state index in [2.05, 4.69) is 20.8 Å². The monoisotopic (exact) mass is 322 g/mol. The summed E-state index contributed by atoms with van der Waals surface area (Å²) in [5.41, 5.74) is 0. The molecule has 2 amide bonds. The van der Waals surface area contributed by atoms with Crippen LogP contribution in [-0.4, -0.2) is 41.5 Å². The molecule has 0 bridgehead atoms. The second-order valence-electron chi connectivity index (χ2n) is 6.82. The minimum atomic E-state index is -0.130. The van der Waals surface area contributed by atoms with Crippen LogP contribution in [0.15, 0.2) is 4.52 Å². The maximum atomic E-state index is 12.0. The number of nitrogens with zero attached hydrogens (tertiary/aromatic N) is 2. The third-order valence-corrected chi connectivity index (χ3v) is 4.42. The zero-order chi connectivity index (χ0) is 16.2. The highest BCUT2D eigenvalue weighted by Gasteiger charge is 2.36. The minimum Gasteiger partial charge on any atom is -0.378 e. The first-order valence-electron chi connectivity index (χ1n) is 8.60. The van der Waals surface area contributed by atoms with E-state index in [-0.39, 0.29) is 18.0 Å². The Morgan fingerprint density at radius 2 is 2.17 bits per heavy atom. The van der Waals surface area contributed by atoms with Crippen LogP contribution in [0.4, 0.5) is 4.79 Å². The molecule has 1 saturated carbocycles. The average molecular weight is 322 g/mol. The molecule has 0 spiro atoms. The second-order valence-corrected chi connectivity index (χ2v) is 6.82. The molecule has 23 heavy (non-hydrogen) atoms. The maximum absolute atomic E-state index is 12.0. The Hall–Kier alpha value is -1.63. The molecule has 2 N–H and O–H groups in total. The van der Waals surface area contributed by atoms with Gasteiger partial charge in [0.25, 0.3) is 0 Å². The third kappa shape index (κ3) is 4.67. The van der Waals surface area contributed by atoms with Gasteiger partial charge in [-0.25, -0.2) is 4.79 Å². The molecule has 0 radical (unpaired) electrons. The van der Waals surface area contributed by atoms with E-state index < -0.39 is 0 Å². The standard InChI is InChI=1S/C16H26N4O3/c1-10(2)15-19-14(23-20-15)5-7-17-16(21)18-12-6-8-22-13(9-12)11-3-4-11/h10-13H,3-9H2,1-2H3,(H2,17,18,21)/t12-,13+/m0/s1. The van der Waals surface area contributed by atoms with Gasteiger partial charge in [-0.3, -0.25) is 0 Å². The Kier molecular flexibility index (Phi) is 5.15. The van der Waals surface area contributed by atoms with E-state index >= 15 is 0 Å². The molecule has 2 heterocycles. The summed E-state index contributed by atoms with van der Waals surface area (Å²) in [6.07, 6.45) is 5.24. The molecule has 1 aromatic rings. The predicted molar refractivity (Wildman–Crippen MR) is 84.1 cm³/mol. The molecule has 7 heteroatoms. The van der Waals surface area contributed by atoms with Crippen LogP contribution in [0, 0.1) is 5.92 Å². The van der Waals surface area contributed by atoms with Crippen LogP contribution in [0.3, 0.4) is 0 Å². The minimum absolute atomic E-state index is 0.130. The predicted octanol–water partition coefficient (Wildman–Crippen LogP) is 1.99. The van der Waals surface area contributed by atoms with Crippen molar-refractivity contribution in [3.05, 3.63) is 11.7 Å². The summed E-state index contributed by atoms with van der Waals surface area (Å²) in [6, 6.07) is 0.0837. The summed E-state index contributed by atoms with van der Waals surface area (Å²) < 4.78 is 10.9. The lowest BCUT2D eigenvalue weighted by Gasteiger charge is -2.30. The number of urea groups is 1. The van der Waals surface area contributed by atoms with Gasteiger partial charge in [0.05, 0.1) is 6.10 Å². The lowest BCUT2D eigenvalue weighted by molar-refractivity contribution is -0.00913. The maximum Gasteiger partial charge on any atom is 0.315 e. The van der Waals surface area contributed by atoms with Crippen LogP contribution in [0.1, 0.15) is 57.2 Å². The van der Waals surface area contributed by atoms with E-state index in [1.807, 2.05) is 13.8 Å². The summed E-state index contributed by atoms with van der Waals surface area (Å²) in [5, 5.41) is 9.81. The Balaban J connectivity index is 1.35. The van der Waals surface area contributed by atoms with Crippen molar-refractivity contribution in [3.63, 3.8) is 0 Å². The van der Waals surface area contributed by atoms with E-state index in [1.54, 1.807) is 0 Å². The van der Waals surface area contributed by atoms with Crippen LogP contribution in [0.25, 0.3) is 0 Å². The van der Waals surface area contributed by atoms with Gasteiger partial charge in [0.2, 0.25) is 5.89 Å². The number of nitrogens with one attached hydrogen (secondary N) is 2. The molecular weight excluding hydrogens is 296 g/mol. The largest absolute Gasteiger partial charge is 0.378 e. The molecule has 1 aliphatic heterocycles. The number of hydrogen-bond donors (Lipinski definition) is 2. The first kappa shape index (κ1) is 16.2. The van der Waals surface area contributed by atoms with Gasteiger partial charge in [0.15, 0.2) is 5.82 Å².